The molecule has 0 radical (unpaired) electrons. The summed E-state index contributed by atoms with van der Waals surface area (Å²) in [7, 11) is -0.599. The van der Waals surface area contributed by atoms with E-state index in [1.54, 1.807) is 0 Å². The highest BCUT2D eigenvalue weighted by atomic mass is 16.7. The second kappa shape index (κ2) is 8.68. The van der Waals surface area contributed by atoms with Crippen molar-refractivity contribution < 1.29 is 9.31 Å². The van der Waals surface area contributed by atoms with Gasteiger partial charge in [0, 0.05) is 11.6 Å². The van der Waals surface area contributed by atoms with Gasteiger partial charge in [-0.1, -0.05) is 91.0 Å². The first kappa shape index (κ1) is 23.7. The second-order valence-corrected chi connectivity index (χ2v) is 10.6. The summed E-state index contributed by atoms with van der Waals surface area (Å²) in [5.74, 6) is 0. The number of H-pyrrole nitrogens is 1. The number of pyridine rings is 1. The minimum atomic E-state index is -0.632. The van der Waals surface area contributed by atoms with Gasteiger partial charge in [0.25, 0.3) is 0 Å². The van der Waals surface area contributed by atoms with Crippen LogP contribution in [0.5, 0.6) is 0 Å². The SMILES string of the molecule is CC1(C)OB(c2[nH]nc3nccc(C(c4ccccc4)(c4ccccc4)c4ccccc4)c23)OC1(C)C. The van der Waals surface area contributed by atoms with Crippen LogP contribution in [0.3, 0.4) is 0 Å². The van der Waals surface area contributed by atoms with Crippen molar-refractivity contribution in [3.63, 3.8) is 0 Å². The molecule has 0 saturated carbocycles. The fourth-order valence-corrected chi connectivity index (χ4v) is 5.45. The third-order valence-corrected chi connectivity index (χ3v) is 8.00. The largest absolute Gasteiger partial charge is 0.514 e. The average Bonchev–Trinajstić information content (AvgIpc) is 3.44. The lowest BCUT2D eigenvalue weighted by molar-refractivity contribution is 0.00578. The highest BCUT2D eigenvalue weighted by molar-refractivity contribution is 6.64. The van der Waals surface area contributed by atoms with Crippen LogP contribution >= 0.6 is 0 Å². The molecule has 37 heavy (non-hydrogen) atoms. The Kier molecular flexibility index (Phi) is 5.55. The molecule has 5 nitrogen and oxygen atoms in total. The Morgan fingerprint density at radius 2 is 1.14 bits per heavy atom. The molecule has 6 heteroatoms. The van der Waals surface area contributed by atoms with E-state index in [9.17, 15) is 0 Å². The number of aromatic nitrogens is 3. The first-order valence-corrected chi connectivity index (χ1v) is 12.7. The van der Waals surface area contributed by atoms with Crippen LogP contribution in [0.2, 0.25) is 0 Å². The zero-order chi connectivity index (χ0) is 25.7. The van der Waals surface area contributed by atoms with E-state index >= 15 is 0 Å². The van der Waals surface area contributed by atoms with Crippen LogP contribution in [-0.4, -0.2) is 33.5 Å². The molecule has 2 aromatic heterocycles. The summed E-state index contributed by atoms with van der Waals surface area (Å²) < 4.78 is 13.0. The quantitative estimate of drug-likeness (QED) is 0.258. The molecule has 184 valence electrons. The van der Waals surface area contributed by atoms with E-state index in [4.69, 9.17) is 9.31 Å². The smallest absolute Gasteiger partial charge is 0.398 e. The topological polar surface area (TPSA) is 60.0 Å². The summed E-state index contributed by atoms with van der Waals surface area (Å²) in [5.41, 5.74) is 4.35. The summed E-state index contributed by atoms with van der Waals surface area (Å²) in [6, 6.07) is 34.0. The Bertz CT molecular complexity index is 1420. The van der Waals surface area contributed by atoms with Crippen LogP contribution in [0.15, 0.2) is 103 Å². The monoisotopic (exact) mass is 487 g/mol. The first-order valence-electron chi connectivity index (χ1n) is 12.7. The molecule has 1 fully saturated rings. The number of fused-ring (bicyclic) bond motifs is 1. The Morgan fingerprint density at radius 3 is 1.59 bits per heavy atom. The maximum absolute atomic E-state index is 6.48. The molecular weight excluding hydrogens is 457 g/mol. The highest BCUT2D eigenvalue weighted by Gasteiger charge is 2.53. The lowest BCUT2D eigenvalue weighted by Crippen LogP contribution is -2.41. The Labute approximate surface area is 218 Å². The van der Waals surface area contributed by atoms with Gasteiger partial charge < -0.3 is 9.31 Å². The molecule has 1 saturated heterocycles. The van der Waals surface area contributed by atoms with Crippen molar-refractivity contribution in [2.45, 2.75) is 44.3 Å². The summed E-state index contributed by atoms with van der Waals surface area (Å²) >= 11 is 0. The van der Waals surface area contributed by atoms with Crippen LogP contribution in [-0.2, 0) is 14.7 Å². The van der Waals surface area contributed by atoms with E-state index in [0.29, 0.717) is 5.65 Å². The molecule has 1 aliphatic rings. The molecule has 3 heterocycles. The van der Waals surface area contributed by atoms with E-state index < -0.39 is 23.7 Å². The van der Waals surface area contributed by atoms with Gasteiger partial charge in [-0.25, -0.2) is 4.98 Å². The van der Waals surface area contributed by atoms with Crippen molar-refractivity contribution in [1.29, 1.82) is 0 Å². The molecule has 1 N–H and O–H groups in total. The molecule has 5 aromatic rings. The second-order valence-electron chi connectivity index (χ2n) is 10.6. The molecule has 0 aliphatic carbocycles. The normalized spacial score (nSPS) is 16.8. The molecule has 0 bridgehead atoms. The number of hydrogen-bond acceptors (Lipinski definition) is 4. The molecule has 0 atom stereocenters. The third kappa shape index (κ3) is 3.63. The van der Waals surface area contributed by atoms with Crippen molar-refractivity contribution in [2.24, 2.45) is 0 Å². The van der Waals surface area contributed by atoms with Gasteiger partial charge in [-0.15, -0.1) is 0 Å². The zero-order valence-electron chi connectivity index (χ0n) is 21.6. The number of hydrogen-bond donors (Lipinski definition) is 1. The van der Waals surface area contributed by atoms with Crippen LogP contribution in [0, 0.1) is 0 Å². The Balaban J connectivity index is 1.71. The van der Waals surface area contributed by atoms with Crippen LogP contribution in [0.1, 0.15) is 49.9 Å². The van der Waals surface area contributed by atoms with Gasteiger partial charge in [-0.3, -0.25) is 5.10 Å². The van der Waals surface area contributed by atoms with Gasteiger partial charge in [0.1, 0.15) is 0 Å². The third-order valence-electron chi connectivity index (χ3n) is 8.00. The first-order chi connectivity index (χ1) is 17.8. The predicted octanol–water partition coefficient (Wildman–Crippen LogP) is 5.64. The van der Waals surface area contributed by atoms with E-state index in [2.05, 4.69) is 140 Å². The van der Waals surface area contributed by atoms with Crippen molar-refractivity contribution in [2.75, 3.05) is 0 Å². The summed E-state index contributed by atoms with van der Waals surface area (Å²) in [6.07, 6.45) is 1.84. The standard InChI is InChI=1S/C31H30BN3O2/c1-29(2)30(3,4)37-32(36-29)27-26-25(20-21-33-28(26)35-34-27)31(22-14-8-5-9-15-22,23-16-10-6-11-17-23)24-18-12-7-13-19-24/h5-21H,1-4H3,(H,33,34,35). The van der Waals surface area contributed by atoms with Crippen molar-refractivity contribution in [1.82, 2.24) is 15.2 Å². The van der Waals surface area contributed by atoms with Crippen molar-refractivity contribution >= 4 is 23.7 Å². The Morgan fingerprint density at radius 1 is 0.676 bits per heavy atom. The average molecular weight is 487 g/mol. The molecular formula is C31H30BN3O2. The zero-order valence-corrected chi connectivity index (χ0v) is 21.6. The van der Waals surface area contributed by atoms with Crippen LogP contribution in [0.4, 0.5) is 0 Å². The minimum Gasteiger partial charge on any atom is -0.398 e. The number of benzene rings is 3. The molecule has 1 aliphatic heterocycles. The Hall–Kier alpha value is -3.74. The van der Waals surface area contributed by atoms with Gasteiger partial charge in [-0.2, -0.15) is 5.10 Å². The van der Waals surface area contributed by atoms with Gasteiger partial charge >= 0.3 is 7.12 Å². The van der Waals surface area contributed by atoms with E-state index in [1.165, 1.54) is 0 Å². The lowest BCUT2D eigenvalue weighted by atomic mass is 9.63. The van der Waals surface area contributed by atoms with Gasteiger partial charge in [0.15, 0.2) is 5.65 Å². The number of rotatable bonds is 5. The fourth-order valence-electron chi connectivity index (χ4n) is 5.45. The highest BCUT2D eigenvalue weighted by Crippen LogP contribution is 2.47. The molecule has 6 rings (SSSR count). The van der Waals surface area contributed by atoms with Crippen LogP contribution < -0.4 is 5.59 Å². The molecule has 0 amide bonds. The predicted molar refractivity (Wildman–Crippen MR) is 148 cm³/mol. The van der Waals surface area contributed by atoms with E-state index in [0.717, 1.165) is 33.2 Å². The maximum Gasteiger partial charge on any atom is 0.514 e. The minimum absolute atomic E-state index is 0.479. The van der Waals surface area contributed by atoms with Gasteiger partial charge in [0.05, 0.1) is 22.2 Å². The van der Waals surface area contributed by atoms with Gasteiger partial charge in [0.2, 0.25) is 0 Å². The summed E-state index contributed by atoms with van der Waals surface area (Å²) in [6.45, 7) is 8.25. The van der Waals surface area contributed by atoms with E-state index in [1.807, 2.05) is 6.20 Å². The lowest BCUT2D eigenvalue weighted by Gasteiger charge is -2.37. The van der Waals surface area contributed by atoms with Crippen LogP contribution in [0.25, 0.3) is 11.0 Å². The number of nitrogens with one attached hydrogen (secondary N) is 1. The summed E-state index contributed by atoms with van der Waals surface area (Å²) in [4.78, 5) is 4.65. The van der Waals surface area contributed by atoms with Gasteiger partial charge in [-0.05, 0) is 56.0 Å². The fraction of sp³-hybridized carbons (Fsp3) is 0.226. The van der Waals surface area contributed by atoms with Crippen molar-refractivity contribution in [3.8, 4) is 0 Å². The number of nitrogens with zero attached hydrogens (tertiary/aromatic N) is 2. The maximum atomic E-state index is 6.48. The molecule has 0 spiro atoms. The molecule has 3 aromatic carbocycles. The van der Waals surface area contributed by atoms with E-state index in [-0.39, 0.29) is 0 Å². The molecule has 0 unspecified atom stereocenters. The van der Waals surface area contributed by atoms with Crippen molar-refractivity contribution in [3.05, 3.63) is 126 Å². The number of aromatic amines is 1. The summed E-state index contributed by atoms with van der Waals surface area (Å²) in [5, 5.41) is 8.77.